The molecule has 3 heteroatoms. The average molecular weight is 175 g/mol. The van der Waals surface area contributed by atoms with Gasteiger partial charge in [0.2, 0.25) is 0 Å². The lowest BCUT2D eigenvalue weighted by atomic mass is 10.4. The molecule has 0 aromatic rings. The zero-order chi connectivity index (χ0) is 9.23. The fraction of sp³-hybridized carbons (Fsp3) is 1.00. The molecule has 0 radical (unpaired) electrons. The smallest absolute Gasteiger partial charge is 0.176 e. The fourth-order valence-corrected chi connectivity index (χ4v) is 0.771. The molecule has 0 saturated heterocycles. The Bertz CT molecular complexity index is 88.6. The van der Waals surface area contributed by atoms with Crippen molar-refractivity contribution in [3.63, 3.8) is 0 Å². The molecule has 0 saturated carbocycles. The van der Waals surface area contributed by atoms with Gasteiger partial charge in [0.25, 0.3) is 0 Å². The van der Waals surface area contributed by atoms with E-state index in [1.165, 1.54) is 0 Å². The van der Waals surface area contributed by atoms with Gasteiger partial charge in [-0.3, -0.25) is 4.84 Å². The Balaban J connectivity index is 3.26. The maximum absolute atomic E-state index is 5.45. The standard InChI is InChI=1S/C9H21NO2/c1-4-7-8-11-9(5-2)12-10-6-3/h9-10H,4-8H2,1-3H3. The van der Waals surface area contributed by atoms with Gasteiger partial charge in [0, 0.05) is 13.2 Å². The zero-order valence-corrected chi connectivity index (χ0v) is 8.43. The zero-order valence-electron chi connectivity index (χ0n) is 8.43. The van der Waals surface area contributed by atoms with Crippen LogP contribution in [0.5, 0.6) is 0 Å². The van der Waals surface area contributed by atoms with E-state index in [9.17, 15) is 0 Å². The van der Waals surface area contributed by atoms with Gasteiger partial charge in [-0.05, 0) is 12.8 Å². The first-order chi connectivity index (χ1) is 5.85. The SMILES string of the molecule is CCCCOC(CC)ONCC. The van der Waals surface area contributed by atoms with Crippen LogP contribution in [0.25, 0.3) is 0 Å². The van der Waals surface area contributed by atoms with Crippen LogP contribution in [0, 0.1) is 0 Å². The van der Waals surface area contributed by atoms with Crippen LogP contribution in [0.15, 0.2) is 0 Å². The predicted octanol–water partition coefficient (Wildman–Crippen LogP) is 2.08. The molecule has 0 aliphatic carbocycles. The van der Waals surface area contributed by atoms with E-state index in [4.69, 9.17) is 9.57 Å². The van der Waals surface area contributed by atoms with Crippen molar-refractivity contribution in [2.45, 2.75) is 46.3 Å². The van der Waals surface area contributed by atoms with Gasteiger partial charge in [-0.2, -0.15) is 5.48 Å². The molecule has 0 fully saturated rings. The van der Waals surface area contributed by atoms with Gasteiger partial charge in [-0.15, -0.1) is 0 Å². The van der Waals surface area contributed by atoms with E-state index in [0.717, 1.165) is 32.4 Å². The van der Waals surface area contributed by atoms with Crippen molar-refractivity contribution in [1.82, 2.24) is 5.48 Å². The molecule has 0 rings (SSSR count). The van der Waals surface area contributed by atoms with Crippen LogP contribution in [-0.2, 0) is 9.57 Å². The van der Waals surface area contributed by atoms with Gasteiger partial charge < -0.3 is 4.74 Å². The lowest BCUT2D eigenvalue weighted by Crippen LogP contribution is -2.26. The van der Waals surface area contributed by atoms with Gasteiger partial charge in [-0.25, -0.2) is 0 Å². The molecule has 0 spiro atoms. The van der Waals surface area contributed by atoms with Crippen molar-refractivity contribution in [3.05, 3.63) is 0 Å². The first kappa shape index (κ1) is 11.9. The summed E-state index contributed by atoms with van der Waals surface area (Å²) in [6.07, 6.45) is 3.07. The van der Waals surface area contributed by atoms with E-state index in [2.05, 4.69) is 12.4 Å². The van der Waals surface area contributed by atoms with E-state index in [1.54, 1.807) is 0 Å². The second kappa shape index (κ2) is 8.97. The van der Waals surface area contributed by atoms with Crippen LogP contribution >= 0.6 is 0 Å². The molecule has 0 heterocycles. The predicted molar refractivity (Wildman–Crippen MR) is 49.7 cm³/mol. The Labute approximate surface area is 75.4 Å². The molecular formula is C9H21NO2. The first-order valence-electron chi connectivity index (χ1n) is 4.85. The van der Waals surface area contributed by atoms with Gasteiger partial charge in [0.15, 0.2) is 6.29 Å². The van der Waals surface area contributed by atoms with Crippen LogP contribution in [-0.4, -0.2) is 19.4 Å². The molecular weight excluding hydrogens is 154 g/mol. The number of rotatable bonds is 8. The van der Waals surface area contributed by atoms with Crippen molar-refractivity contribution in [2.24, 2.45) is 0 Å². The highest BCUT2D eigenvalue weighted by atomic mass is 16.8. The van der Waals surface area contributed by atoms with Crippen molar-refractivity contribution >= 4 is 0 Å². The number of unbranched alkanes of at least 4 members (excludes halogenated alkanes) is 1. The fourth-order valence-electron chi connectivity index (χ4n) is 0.771. The molecule has 0 aliphatic rings. The van der Waals surface area contributed by atoms with Crippen LogP contribution in [0.2, 0.25) is 0 Å². The molecule has 74 valence electrons. The summed E-state index contributed by atoms with van der Waals surface area (Å²) in [6.45, 7) is 7.80. The van der Waals surface area contributed by atoms with Crippen molar-refractivity contribution in [3.8, 4) is 0 Å². The molecule has 0 aromatic heterocycles. The van der Waals surface area contributed by atoms with Crippen molar-refractivity contribution in [2.75, 3.05) is 13.2 Å². The van der Waals surface area contributed by atoms with Gasteiger partial charge >= 0.3 is 0 Å². The molecule has 12 heavy (non-hydrogen) atoms. The summed E-state index contributed by atoms with van der Waals surface area (Å²) >= 11 is 0. The van der Waals surface area contributed by atoms with Crippen LogP contribution < -0.4 is 5.48 Å². The van der Waals surface area contributed by atoms with Crippen molar-refractivity contribution in [1.29, 1.82) is 0 Å². The average Bonchev–Trinajstić information content (AvgIpc) is 2.11. The lowest BCUT2D eigenvalue weighted by molar-refractivity contribution is -0.180. The van der Waals surface area contributed by atoms with Crippen molar-refractivity contribution < 1.29 is 9.57 Å². The number of ether oxygens (including phenoxy) is 1. The third-order valence-electron chi connectivity index (χ3n) is 1.49. The van der Waals surface area contributed by atoms with E-state index in [0.29, 0.717) is 0 Å². The summed E-state index contributed by atoms with van der Waals surface area (Å²) in [5, 5.41) is 0. The Morgan fingerprint density at radius 1 is 1.25 bits per heavy atom. The minimum atomic E-state index is -0.0866. The Hall–Kier alpha value is -0.120. The highest BCUT2D eigenvalue weighted by molar-refractivity contribution is 4.39. The lowest BCUT2D eigenvalue weighted by Gasteiger charge is -2.15. The third-order valence-corrected chi connectivity index (χ3v) is 1.49. The van der Waals surface area contributed by atoms with Gasteiger partial charge in [-0.1, -0.05) is 27.2 Å². The van der Waals surface area contributed by atoms with Gasteiger partial charge in [0.05, 0.1) is 0 Å². The second-order valence-electron chi connectivity index (χ2n) is 2.68. The summed E-state index contributed by atoms with van der Waals surface area (Å²) in [5.74, 6) is 0. The van der Waals surface area contributed by atoms with E-state index >= 15 is 0 Å². The topological polar surface area (TPSA) is 30.5 Å². The second-order valence-corrected chi connectivity index (χ2v) is 2.68. The van der Waals surface area contributed by atoms with E-state index in [-0.39, 0.29) is 6.29 Å². The summed E-state index contributed by atoms with van der Waals surface area (Å²) in [7, 11) is 0. The number of hydroxylamine groups is 1. The molecule has 1 atom stereocenters. The summed E-state index contributed by atoms with van der Waals surface area (Å²) < 4.78 is 5.45. The molecule has 0 amide bonds. The third kappa shape index (κ3) is 6.58. The molecule has 3 nitrogen and oxygen atoms in total. The largest absolute Gasteiger partial charge is 0.351 e. The Morgan fingerprint density at radius 2 is 2.00 bits per heavy atom. The summed E-state index contributed by atoms with van der Waals surface area (Å²) in [5.41, 5.74) is 2.80. The monoisotopic (exact) mass is 175 g/mol. The summed E-state index contributed by atoms with van der Waals surface area (Å²) in [4.78, 5) is 5.21. The first-order valence-corrected chi connectivity index (χ1v) is 4.85. The molecule has 1 unspecified atom stereocenters. The highest BCUT2D eigenvalue weighted by Crippen LogP contribution is 1.99. The van der Waals surface area contributed by atoms with Crippen LogP contribution in [0.3, 0.4) is 0 Å². The maximum Gasteiger partial charge on any atom is 0.176 e. The Morgan fingerprint density at radius 3 is 2.50 bits per heavy atom. The Kier molecular flexibility index (Phi) is 8.88. The van der Waals surface area contributed by atoms with Gasteiger partial charge in [0.1, 0.15) is 0 Å². The van der Waals surface area contributed by atoms with Crippen LogP contribution in [0.1, 0.15) is 40.0 Å². The normalized spacial score (nSPS) is 13.2. The minimum Gasteiger partial charge on any atom is -0.351 e. The molecule has 0 bridgehead atoms. The molecule has 0 aliphatic heterocycles. The quantitative estimate of drug-likeness (QED) is 0.348. The van der Waals surface area contributed by atoms with E-state index in [1.807, 2.05) is 13.8 Å². The minimum absolute atomic E-state index is 0.0866. The van der Waals surface area contributed by atoms with E-state index < -0.39 is 0 Å². The number of hydrogen-bond acceptors (Lipinski definition) is 3. The summed E-state index contributed by atoms with van der Waals surface area (Å²) in [6, 6.07) is 0. The molecule has 1 N–H and O–H groups in total. The molecule has 0 aromatic carbocycles. The maximum atomic E-state index is 5.45. The number of hydrogen-bond donors (Lipinski definition) is 1. The van der Waals surface area contributed by atoms with Crippen LogP contribution in [0.4, 0.5) is 0 Å². The highest BCUT2D eigenvalue weighted by Gasteiger charge is 2.04. The number of nitrogens with one attached hydrogen (secondary N) is 1.